The summed E-state index contributed by atoms with van der Waals surface area (Å²) in [5.74, 6) is 0.644. The summed E-state index contributed by atoms with van der Waals surface area (Å²) in [6.45, 7) is 3.90. The van der Waals surface area contributed by atoms with Crippen LogP contribution in [0.25, 0.3) is 0 Å². The van der Waals surface area contributed by atoms with E-state index in [1.807, 2.05) is 66.7 Å². The number of hydrogen-bond donors (Lipinski definition) is 1. The lowest BCUT2D eigenvalue weighted by Gasteiger charge is -2.41. The molecule has 1 aliphatic rings. The minimum atomic E-state index is -1.08. The molecule has 0 unspecified atom stereocenters. The summed E-state index contributed by atoms with van der Waals surface area (Å²) in [5.41, 5.74) is 2.12. The maximum absolute atomic E-state index is 12.5. The molecule has 0 bridgehead atoms. The first-order valence-electron chi connectivity index (χ1n) is 11.5. The molecule has 0 aliphatic carbocycles. The number of aliphatic hydroxyl groups is 1. The number of aryl methyl sites for hydroxylation is 1. The van der Waals surface area contributed by atoms with Gasteiger partial charge in [0, 0.05) is 30.6 Å². The maximum atomic E-state index is 12.5. The van der Waals surface area contributed by atoms with E-state index in [1.165, 1.54) is 5.56 Å². The van der Waals surface area contributed by atoms with Gasteiger partial charge in [0.1, 0.15) is 5.75 Å². The normalized spacial score (nSPS) is 17.3. The van der Waals surface area contributed by atoms with Gasteiger partial charge in [-0.05, 0) is 53.8 Å². The van der Waals surface area contributed by atoms with Gasteiger partial charge in [0.25, 0.3) is 0 Å². The summed E-state index contributed by atoms with van der Waals surface area (Å²) in [5, 5.41) is 13.2. The van der Waals surface area contributed by atoms with E-state index < -0.39 is 5.60 Å². The molecule has 2 atom stereocenters. The Balaban J connectivity index is 1.73. The van der Waals surface area contributed by atoms with Crippen LogP contribution >= 0.6 is 11.6 Å². The third kappa shape index (κ3) is 5.96. The summed E-state index contributed by atoms with van der Waals surface area (Å²) in [7, 11) is 1.66. The van der Waals surface area contributed by atoms with E-state index >= 15 is 0 Å². The second-order valence-electron chi connectivity index (χ2n) is 8.66. The zero-order valence-electron chi connectivity index (χ0n) is 19.1. The topological polar surface area (TPSA) is 41.9 Å². The van der Waals surface area contributed by atoms with E-state index in [0.29, 0.717) is 11.4 Å². The first-order valence-corrected chi connectivity index (χ1v) is 11.9. The number of hydrogen-bond acceptors (Lipinski definition) is 4. The van der Waals surface area contributed by atoms with Crippen molar-refractivity contribution in [2.45, 2.75) is 24.4 Å². The molecule has 1 N–H and O–H groups in total. The van der Waals surface area contributed by atoms with Crippen molar-refractivity contribution in [1.29, 1.82) is 0 Å². The molecule has 3 aromatic carbocycles. The van der Waals surface area contributed by atoms with Crippen molar-refractivity contribution in [3.8, 4) is 5.75 Å². The van der Waals surface area contributed by atoms with Crippen LogP contribution in [-0.2, 0) is 16.8 Å². The average molecular weight is 466 g/mol. The fourth-order valence-corrected chi connectivity index (χ4v) is 4.77. The Morgan fingerprint density at radius 3 is 2.27 bits per heavy atom. The third-order valence-corrected chi connectivity index (χ3v) is 6.87. The number of benzene rings is 3. The van der Waals surface area contributed by atoms with Crippen LogP contribution in [0.2, 0.25) is 5.02 Å². The first kappa shape index (κ1) is 23.8. The Labute approximate surface area is 201 Å². The number of rotatable bonds is 9. The van der Waals surface area contributed by atoms with Crippen LogP contribution in [-0.4, -0.2) is 50.0 Å². The van der Waals surface area contributed by atoms with Crippen molar-refractivity contribution in [3.05, 3.63) is 101 Å². The van der Waals surface area contributed by atoms with Crippen LogP contribution in [0.15, 0.2) is 78.9 Å². The zero-order chi connectivity index (χ0) is 23.1. The lowest BCUT2D eigenvalue weighted by molar-refractivity contribution is -0.0279. The molecule has 0 spiro atoms. The monoisotopic (exact) mass is 465 g/mol. The number of ether oxygens (including phenoxy) is 2. The minimum absolute atomic E-state index is 0.134. The predicted molar refractivity (Wildman–Crippen MR) is 133 cm³/mol. The Hall–Kier alpha value is -2.37. The quantitative estimate of drug-likeness (QED) is 0.466. The molecule has 33 heavy (non-hydrogen) atoms. The van der Waals surface area contributed by atoms with Crippen LogP contribution in [0.4, 0.5) is 0 Å². The summed E-state index contributed by atoms with van der Waals surface area (Å²) in [6, 6.07) is 26.1. The van der Waals surface area contributed by atoms with Crippen molar-refractivity contribution in [2.24, 2.45) is 0 Å². The Bertz CT molecular complexity index is 988. The van der Waals surface area contributed by atoms with Gasteiger partial charge in [-0.3, -0.25) is 4.90 Å². The summed E-state index contributed by atoms with van der Waals surface area (Å²) >= 11 is 6.21. The summed E-state index contributed by atoms with van der Waals surface area (Å²) in [4.78, 5) is 2.39. The van der Waals surface area contributed by atoms with Crippen LogP contribution in [0.1, 0.15) is 29.0 Å². The fraction of sp³-hybridized carbons (Fsp3) is 0.357. The third-order valence-electron chi connectivity index (χ3n) is 6.62. The van der Waals surface area contributed by atoms with E-state index in [-0.39, 0.29) is 5.92 Å². The molecule has 1 saturated heterocycles. The Morgan fingerprint density at radius 1 is 0.970 bits per heavy atom. The first-order chi connectivity index (χ1) is 16.1. The van der Waals surface area contributed by atoms with E-state index in [2.05, 4.69) is 17.0 Å². The molecule has 1 heterocycles. The van der Waals surface area contributed by atoms with Gasteiger partial charge in [0.05, 0.1) is 25.9 Å². The molecular weight excluding hydrogens is 434 g/mol. The SMILES string of the molecule is COc1ccc([C@@](O)(CCc2ccccc2)[C@@H](CN2CCOCC2)c2ccc(Cl)cc2)cc1. The maximum Gasteiger partial charge on any atom is 0.118 e. The van der Waals surface area contributed by atoms with E-state index in [1.54, 1.807) is 7.11 Å². The molecule has 4 rings (SSSR count). The molecule has 0 radical (unpaired) electrons. The largest absolute Gasteiger partial charge is 0.497 e. The van der Waals surface area contributed by atoms with Gasteiger partial charge in [0.15, 0.2) is 0 Å². The van der Waals surface area contributed by atoms with E-state index in [0.717, 1.165) is 56.1 Å². The number of nitrogens with zero attached hydrogens (tertiary/aromatic N) is 1. The second kappa shape index (κ2) is 11.2. The molecule has 5 heteroatoms. The van der Waals surface area contributed by atoms with Crippen LogP contribution in [0.5, 0.6) is 5.75 Å². The molecule has 1 fully saturated rings. The van der Waals surface area contributed by atoms with Gasteiger partial charge in [-0.1, -0.05) is 66.2 Å². The smallest absolute Gasteiger partial charge is 0.118 e. The molecule has 3 aromatic rings. The van der Waals surface area contributed by atoms with Crippen LogP contribution in [0.3, 0.4) is 0 Å². The van der Waals surface area contributed by atoms with Gasteiger partial charge in [0.2, 0.25) is 0 Å². The second-order valence-corrected chi connectivity index (χ2v) is 9.09. The van der Waals surface area contributed by atoms with Crippen molar-refractivity contribution in [1.82, 2.24) is 4.90 Å². The predicted octanol–water partition coefficient (Wildman–Crippen LogP) is 5.29. The van der Waals surface area contributed by atoms with Gasteiger partial charge in [-0.2, -0.15) is 0 Å². The highest BCUT2D eigenvalue weighted by Gasteiger charge is 2.40. The van der Waals surface area contributed by atoms with Crippen LogP contribution in [0, 0.1) is 0 Å². The molecule has 1 aliphatic heterocycles. The number of morpholine rings is 1. The van der Waals surface area contributed by atoms with Crippen molar-refractivity contribution in [2.75, 3.05) is 40.0 Å². The minimum Gasteiger partial charge on any atom is -0.497 e. The van der Waals surface area contributed by atoms with Crippen LogP contribution < -0.4 is 4.74 Å². The summed E-state index contributed by atoms with van der Waals surface area (Å²) < 4.78 is 10.9. The summed E-state index contributed by atoms with van der Waals surface area (Å²) in [6.07, 6.45) is 1.37. The molecule has 0 aromatic heterocycles. The van der Waals surface area contributed by atoms with Gasteiger partial charge >= 0.3 is 0 Å². The zero-order valence-corrected chi connectivity index (χ0v) is 19.9. The highest BCUT2D eigenvalue weighted by molar-refractivity contribution is 6.30. The van der Waals surface area contributed by atoms with Gasteiger partial charge < -0.3 is 14.6 Å². The molecule has 0 saturated carbocycles. The Morgan fingerprint density at radius 2 is 1.64 bits per heavy atom. The lowest BCUT2D eigenvalue weighted by atomic mass is 9.73. The lowest BCUT2D eigenvalue weighted by Crippen LogP contribution is -2.45. The van der Waals surface area contributed by atoms with Crippen molar-refractivity contribution in [3.63, 3.8) is 0 Å². The molecular formula is C28H32ClNO3. The average Bonchev–Trinajstić information content (AvgIpc) is 2.88. The molecule has 174 valence electrons. The molecule has 4 nitrogen and oxygen atoms in total. The number of methoxy groups -OCH3 is 1. The number of halogens is 1. The highest BCUT2D eigenvalue weighted by atomic mass is 35.5. The van der Waals surface area contributed by atoms with Crippen molar-refractivity contribution >= 4 is 11.6 Å². The van der Waals surface area contributed by atoms with Gasteiger partial charge in [-0.15, -0.1) is 0 Å². The molecule has 0 amide bonds. The van der Waals surface area contributed by atoms with Gasteiger partial charge in [-0.25, -0.2) is 0 Å². The van der Waals surface area contributed by atoms with Crippen molar-refractivity contribution < 1.29 is 14.6 Å². The fourth-order valence-electron chi connectivity index (χ4n) is 4.65. The Kier molecular flexibility index (Phi) is 8.05. The van der Waals surface area contributed by atoms with E-state index in [4.69, 9.17) is 21.1 Å². The standard InChI is InChI=1S/C28H32ClNO3/c1-32-26-13-9-24(10-14-26)28(31,16-15-22-5-3-2-4-6-22)27(21-30-17-19-33-20-18-30)23-7-11-25(29)12-8-23/h2-14,27,31H,15-21H2,1H3/t27-,28-/m0/s1. The van der Waals surface area contributed by atoms with E-state index in [9.17, 15) is 5.11 Å². The highest BCUT2D eigenvalue weighted by Crippen LogP contribution is 2.42.